The van der Waals surface area contributed by atoms with Crippen LogP contribution in [-0.4, -0.2) is 36.7 Å². The van der Waals surface area contributed by atoms with E-state index < -0.39 is 0 Å². The molecule has 0 bridgehead atoms. The molecule has 0 radical (unpaired) electrons. The number of ether oxygens (including phenoxy) is 1. The average Bonchev–Trinajstić information content (AvgIpc) is 2.74. The Kier molecular flexibility index (Phi) is 3.83. The smallest absolute Gasteiger partial charge is 0.0697 e. The summed E-state index contributed by atoms with van der Waals surface area (Å²) >= 11 is 0. The van der Waals surface area contributed by atoms with Gasteiger partial charge in [0.15, 0.2) is 0 Å². The van der Waals surface area contributed by atoms with E-state index >= 15 is 0 Å². The molecule has 3 nitrogen and oxygen atoms in total. The molecule has 0 amide bonds. The Hall–Kier alpha value is -0.590. The second kappa shape index (κ2) is 5.16. The molecule has 2 aliphatic rings. The van der Waals surface area contributed by atoms with E-state index in [4.69, 9.17) is 10.00 Å². The highest BCUT2D eigenvalue weighted by Crippen LogP contribution is 2.40. The van der Waals surface area contributed by atoms with Gasteiger partial charge in [-0.05, 0) is 32.7 Å². The maximum Gasteiger partial charge on any atom is 0.0697 e. The van der Waals surface area contributed by atoms with E-state index in [1.54, 1.807) is 0 Å². The number of hydrogen-bond donors (Lipinski definition) is 0. The molecule has 90 valence electrons. The van der Waals surface area contributed by atoms with Crippen LogP contribution < -0.4 is 0 Å². The van der Waals surface area contributed by atoms with Crippen molar-refractivity contribution in [2.45, 2.75) is 56.6 Å². The van der Waals surface area contributed by atoms with Gasteiger partial charge in [-0.25, -0.2) is 0 Å². The molecule has 1 saturated carbocycles. The van der Waals surface area contributed by atoms with Crippen molar-refractivity contribution in [3.8, 4) is 6.07 Å². The molecule has 1 aliphatic heterocycles. The fourth-order valence-electron chi connectivity index (χ4n) is 3.15. The highest BCUT2D eigenvalue weighted by atomic mass is 16.5. The van der Waals surface area contributed by atoms with Gasteiger partial charge < -0.3 is 9.64 Å². The third-order valence-corrected chi connectivity index (χ3v) is 4.18. The van der Waals surface area contributed by atoms with Crippen molar-refractivity contribution in [1.29, 1.82) is 5.26 Å². The minimum atomic E-state index is 0.198. The zero-order chi connectivity index (χ0) is 11.4. The fourth-order valence-corrected chi connectivity index (χ4v) is 3.15. The normalized spacial score (nSPS) is 28.4. The lowest BCUT2D eigenvalue weighted by molar-refractivity contribution is -0.0985. The molecule has 1 heterocycles. The van der Waals surface area contributed by atoms with Gasteiger partial charge in [-0.15, -0.1) is 0 Å². The monoisotopic (exact) mass is 222 g/mol. The minimum absolute atomic E-state index is 0.198. The van der Waals surface area contributed by atoms with Crippen LogP contribution in [0.3, 0.4) is 0 Å². The molecular weight excluding hydrogens is 200 g/mol. The zero-order valence-electron chi connectivity index (χ0n) is 10.2. The summed E-state index contributed by atoms with van der Waals surface area (Å²) in [6.07, 6.45) is 8.09. The Bertz CT molecular complexity index is 266. The summed E-state index contributed by atoms with van der Waals surface area (Å²) in [7, 11) is 2.15. The van der Waals surface area contributed by atoms with E-state index in [0.717, 1.165) is 19.6 Å². The van der Waals surface area contributed by atoms with Gasteiger partial charge >= 0.3 is 0 Å². The second-order valence-electron chi connectivity index (χ2n) is 5.27. The van der Waals surface area contributed by atoms with Gasteiger partial charge in [0.1, 0.15) is 0 Å². The highest BCUT2D eigenvalue weighted by Gasteiger charge is 2.40. The van der Waals surface area contributed by atoms with E-state index in [9.17, 15) is 0 Å². The first-order valence-corrected chi connectivity index (χ1v) is 6.47. The van der Waals surface area contributed by atoms with Crippen LogP contribution in [0.25, 0.3) is 0 Å². The summed E-state index contributed by atoms with van der Waals surface area (Å²) in [6.45, 7) is 1.80. The summed E-state index contributed by atoms with van der Waals surface area (Å²) in [5.74, 6) is 0. The van der Waals surface area contributed by atoms with E-state index in [-0.39, 0.29) is 5.60 Å². The topological polar surface area (TPSA) is 36.3 Å². The lowest BCUT2D eigenvalue weighted by Gasteiger charge is -2.41. The Morgan fingerprint density at radius 1 is 1.44 bits per heavy atom. The average molecular weight is 222 g/mol. The highest BCUT2D eigenvalue weighted by molar-refractivity contribution is 4.94. The van der Waals surface area contributed by atoms with Crippen molar-refractivity contribution in [2.24, 2.45) is 0 Å². The maximum absolute atomic E-state index is 8.62. The summed E-state index contributed by atoms with van der Waals surface area (Å²) in [6, 6.07) is 2.85. The van der Waals surface area contributed by atoms with E-state index in [2.05, 4.69) is 18.0 Å². The van der Waals surface area contributed by atoms with E-state index in [1.807, 2.05) is 0 Å². The summed E-state index contributed by atoms with van der Waals surface area (Å²) in [4.78, 5) is 2.35. The summed E-state index contributed by atoms with van der Waals surface area (Å²) in [5.41, 5.74) is 0.198. The van der Waals surface area contributed by atoms with Crippen LogP contribution in [0, 0.1) is 11.3 Å². The quantitative estimate of drug-likeness (QED) is 0.735. The summed E-state index contributed by atoms with van der Waals surface area (Å²) in [5, 5.41) is 8.62. The third-order valence-electron chi connectivity index (χ3n) is 4.18. The predicted octanol–water partition coefficient (Wildman–Crippen LogP) is 2.32. The van der Waals surface area contributed by atoms with Crippen LogP contribution in [0.5, 0.6) is 0 Å². The van der Waals surface area contributed by atoms with Crippen LogP contribution >= 0.6 is 0 Å². The zero-order valence-corrected chi connectivity index (χ0v) is 10.2. The molecule has 2 rings (SSSR count). The van der Waals surface area contributed by atoms with Gasteiger partial charge in [0.05, 0.1) is 11.7 Å². The van der Waals surface area contributed by atoms with Crippen LogP contribution in [-0.2, 0) is 4.74 Å². The van der Waals surface area contributed by atoms with Gasteiger partial charge in [0, 0.05) is 25.6 Å². The molecule has 1 unspecified atom stereocenters. The number of nitrogens with zero attached hydrogens (tertiary/aromatic N) is 2. The molecule has 3 heteroatoms. The Labute approximate surface area is 98.4 Å². The predicted molar refractivity (Wildman–Crippen MR) is 63.0 cm³/mol. The number of rotatable bonds is 3. The Morgan fingerprint density at radius 2 is 2.19 bits per heavy atom. The largest absolute Gasteiger partial charge is 0.375 e. The fraction of sp³-hybridized carbons (Fsp3) is 0.923. The molecular formula is C13H22N2O. The van der Waals surface area contributed by atoms with Gasteiger partial charge in [0.2, 0.25) is 0 Å². The molecule has 1 aliphatic carbocycles. The molecule has 0 N–H and O–H groups in total. The van der Waals surface area contributed by atoms with Crippen molar-refractivity contribution in [2.75, 3.05) is 20.2 Å². The van der Waals surface area contributed by atoms with Crippen LogP contribution in [0.2, 0.25) is 0 Å². The molecule has 1 atom stereocenters. The van der Waals surface area contributed by atoms with Gasteiger partial charge in [0.25, 0.3) is 0 Å². The van der Waals surface area contributed by atoms with Crippen LogP contribution in [0.15, 0.2) is 0 Å². The van der Waals surface area contributed by atoms with Gasteiger partial charge in [-0.1, -0.05) is 12.8 Å². The minimum Gasteiger partial charge on any atom is -0.375 e. The maximum atomic E-state index is 8.62. The Morgan fingerprint density at radius 3 is 2.88 bits per heavy atom. The Balaban J connectivity index is 1.88. The van der Waals surface area contributed by atoms with Crippen LogP contribution in [0.4, 0.5) is 0 Å². The molecule has 0 aromatic rings. The van der Waals surface area contributed by atoms with Crippen molar-refractivity contribution in [1.82, 2.24) is 4.90 Å². The summed E-state index contributed by atoms with van der Waals surface area (Å²) < 4.78 is 6.02. The van der Waals surface area contributed by atoms with Gasteiger partial charge in [-0.3, -0.25) is 0 Å². The van der Waals surface area contributed by atoms with E-state index in [0.29, 0.717) is 12.5 Å². The van der Waals surface area contributed by atoms with Crippen molar-refractivity contribution < 1.29 is 4.74 Å². The molecule has 2 fully saturated rings. The molecule has 0 aromatic carbocycles. The standard InChI is InChI=1S/C13H22N2O/c1-15(9-4-8-14)12-5-10-16-13(11-12)6-2-3-7-13/h12H,2-7,9-11H2,1H3. The SMILES string of the molecule is CN(CCC#N)C1CCOC2(CCCC2)C1. The number of hydrogen-bond acceptors (Lipinski definition) is 3. The third kappa shape index (κ3) is 2.56. The molecule has 16 heavy (non-hydrogen) atoms. The second-order valence-corrected chi connectivity index (χ2v) is 5.27. The molecule has 1 spiro atoms. The molecule has 0 aromatic heterocycles. The van der Waals surface area contributed by atoms with Crippen molar-refractivity contribution in [3.63, 3.8) is 0 Å². The lowest BCUT2D eigenvalue weighted by atomic mass is 9.88. The first-order chi connectivity index (χ1) is 7.76. The first kappa shape index (κ1) is 11.9. The van der Waals surface area contributed by atoms with Crippen LogP contribution in [0.1, 0.15) is 44.9 Å². The number of nitriles is 1. The van der Waals surface area contributed by atoms with Crippen molar-refractivity contribution in [3.05, 3.63) is 0 Å². The molecule has 1 saturated heterocycles. The lowest BCUT2D eigenvalue weighted by Crippen LogP contribution is -2.46. The van der Waals surface area contributed by atoms with Crippen molar-refractivity contribution >= 4 is 0 Å². The van der Waals surface area contributed by atoms with E-state index in [1.165, 1.54) is 32.1 Å². The van der Waals surface area contributed by atoms with Gasteiger partial charge in [-0.2, -0.15) is 5.26 Å². The first-order valence-electron chi connectivity index (χ1n) is 6.47.